The van der Waals surface area contributed by atoms with E-state index in [0.717, 1.165) is 17.7 Å². The highest BCUT2D eigenvalue weighted by molar-refractivity contribution is 7.89. The van der Waals surface area contributed by atoms with Gasteiger partial charge in [-0.15, -0.1) is 0 Å². The predicted molar refractivity (Wildman–Crippen MR) is 94.1 cm³/mol. The molecular formula is C17H27NO6S. The Balaban J connectivity index is 1.85. The van der Waals surface area contributed by atoms with Crippen LogP contribution in [0.15, 0.2) is 24.3 Å². The molecule has 0 spiro atoms. The van der Waals surface area contributed by atoms with Crippen molar-refractivity contribution < 1.29 is 27.4 Å². The van der Waals surface area contributed by atoms with Gasteiger partial charge in [0.05, 0.1) is 25.6 Å². The molecule has 1 aromatic carbocycles. The van der Waals surface area contributed by atoms with Gasteiger partial charge < -0.3 is 18.9 Å². The molecule has 2 rings (SSSR count). The molecule has 0 radical (unpaired) electrons. The lowest BCUT2D eigenvalue weighted by atomic mass is 10.1. The molecule has 1 aliphatic rings. The van der Waals surface area contributed by atoms with Gasteiger partial charge in [-0.25, -0.2) is 13.1 Å². The standard InChI is InChI=1S/C17H27NO6S/c1-14(18-25(19,20)10-4-8-23-13-21-2)15-5-3-6-16(11-15)24-17-7-9-22-12-17/h3,5-6,11,14,17-18H,4,7-10,12-13H2,1-2H3/t14-,17?/m1/s1. The third-order valence-electron chi connectivity index (χ3n) is 3.81. The summed E-state index contributed by atoms with van der Waals surface area (Å²) in [5, 5.41) is 0. The highest BCUT2D eigenvalue weighted by atomic mass is 32.2. The Bertz CT molecular complexity index is 615. The van der Waals surface area contributed by atoms with Crippen molar-refractivity contribution in [3.63, 3.8) is 0 Å². The summed E-state index contributed by atoms with van der Waals surface area (Å²) in [6.45, 7) is 3.64. The fourth-order valence-electron chi connectivity index (χ4n) is 2.55. The largest absolute Gasteiger partial charge is 0.488 e. The van der Waals surface area contributed by atoms with E-state index >= 15 is 0 Å². The van der Waals surface area contributed by atoms with Gasteiger partial charge in [0.15, 0.2) is 0 Å². The fraction of sp³-hybridized carbons (Fsp3) is 0.647. The minimum atomic E-state index is -3.38. The Morgan fingerprint density at radius 1 is 1.40 bits per heavy atom. The molecule has 8 heteroatoms. The van der Waals surface area contributed by atoms with Crippen LogP contribution in [0.25, 0.3) is 0 Å². The molecule has 0 aromatic heterocycles. The number of hydrogen-bond donors (Lipinski definition) is 1. The molecule has 1 aromatic rings. The number of benzene rings is 1. The lowest BCUT2D eigenvalue weighted by Crippen LogP contribution is -2.29. The summed E-state index contributed by atoms with van der Waals surface area (Å²) < 4.78 is 48.0. The summed E-state index contributed by atoms with van der Waals surface area (Å²) in [6.07, 6.45) is 1.35. The first-order valence-electron chi connectivity index (χ1n) is 8.41. The molecule has 0 bridgehead atoms. The number of sulfonamides is 1. The SMILES string of the molecule is COCOCCCS(=O)(=O)N[C@H](C)c1cccc(OC2CCOC2)c1. The van der Waals surface area contributed by atoms with Gasteiger partial charge in [0, 0.05) is 19.6 Å². The Morgan fingerprint density at radius 3 is 2.96 bits per heavy atom. The zero-order valence-corrected chi connectivity index (χ0v) is 15.6. The van der Waals surface area contributed by atoms with Crippen molar-refractivity contribution in [1.29, 1.82) is 0 Å². The number of nitrogens with one attached hydrogen (secondary N) is 1. The highest BCUT2D eigenvalue weighted by Crippen LogP contribution is 2.22. The van der Waals surface area contributed by atoms with Crippen LogP contribution in [0.4, 0.5) is 0 Å². The van der Waals surface area contributed by atoms with E-state index in [-0.39, 0.29) is 24.7 Å². The Morgan fingerprint density at radius 2 is 2.24 bits per heavy atom. The van der Waals surface area contributed by atoms with E-state index in [1.807, 2.05) is 31.2 Å². The van der Waals surface area contributed by atoms with Crippen molar-refractivity contribution in [2.45, 2.75) is 31.9 Å². The van der Waals surface area contributed by atoms with Crippen molar-refractivity contribution in [1.82, 2.24) is 4.72 Å². The van der Waals surface area contributed by atoms with Crippen LogP contribution in [0.3, 0.4) is 0 Å². The van der Waals surface area contributed by atoms with Crippen LogP contribution in [0, 0.1) is 0 Å². The van der Waals surface area contributed by atoms with Crippen LogP contribution in [0.2, 0.25) is 0 Å². The average molecular weight is 373 g/mol. The average Bonchev–Trinajstić information content (AvgIpc) is 3.07. The van der Waals surface area contributed by atoms with Crippen molar-refractivity contribution in [3.05, 3.63) is 29.8 Å². The Hall–Kier alpha value is -1.19. The normalized spacial score (nSPS) is 19.0. The molecule has 1 saturated heterocycles. The molecule has 2 atom stereocenters. The molecule has 0 aliphatic carbocycles. The zero-order valence-electron chi connectivity index (χ0n) is 14.8. The Labute approximate surface area is 149 Å². The summed E-state index contributed by atoms with van der Waals surface area (Å²) in [7, 11) is -1.86. The number of hydrogen-bond acceptors (Lipinski definition) is 6. The van der Waals surface area contributed by atoms with Crippen molar-refractivity contribution in [2.24, 2.45) is 0 Å². The third-order valence-corrected chi connectivity index (χ3v) is 5.35. The summed E-state index contributed by atoms with van der Waals surface area (Å²) in [6, 6.07) is 7.15. The van der Waals surface area contributed by atoms with Gasteiger partial charge in [-0.05, 0) is 31.0 Å². The molecular weight excluding hydrogens is 346 g/mol. The van der Waals surface area contributed by atoms with E-state index in [9.17, 15) is 8.42 Å². The van der Waals surface area contributed by atoms with Crippen LogP contribution >= 0.6 is 0 Å². The van der Waals surface area contributed by atoms with Crippen LogP contribution in [0.5, 0.6) is 5.75 Å². The van der Waals surface area contributed by atoms with Crippen LogP contribution in [-0.4, -0.2) is 54.0 Å². The second kappa shape index (κ2) is 10.1. The van der Waals surface area contributed by atoms with E-state index in [0.29, 0.717) is 26.2 Å². The Kier molecular flexibility index (Phi) is 8.11. The smallest absolute Gasteiger partial charge is 0.212 e. The molecule has 25 heavy (non-hydrogen) atoms. The van der Waals surface area contributed by atoms with Crippen LogP contribution < -0.4 is 9.46 Å². The van der Waals surface area contributed by atoms with Crippen LogP contribution in [-0.2, 0) is 24.2 Å². The maximum atomic E-state index is 12.2. The lowest BCUT2D eigenvalue weighted by molar-refractivity contribution is -0.0298. The fourth-order valence-corrected chi connectivity index (χ4v) is 3.84. The second-order valence-corrected chi connectivity index (χ2v) is 7.88. The first kappa shape index (κ1) is 20.1. The molecule has 1 aliphatic heterocycles. The molecule has 142 valence electrons. The van der Waals surface area contributed by atoms with Gasteiger partial charge in [0.1, 0.15) is 18.6 Å². The molecule has 1 fully saturated rings. The molecule has 1 heterocycles. The van der Waals surface area contributed by atoms with E-state index in [1.165, 1.54) is 7.11 Å². The van der Waals surface area contributed by atoms with Gasteiger partial charge in [-0.2, -0.15) is 0 Å². The van der Waals surface area contributed by atoms with Gasteiger partial charge in [0.2, 0.25) is 10.0 Å². The summed E-state index contributed by atoms with van der Waals surface area (Å²) >= 11 is 0. The first-order chi connectivity index (χ1) is 12.0. The van der Waals surface area contributed by atoms with E-state index in [4.69, 9.17) is 18.9 Å². The van der Waals surface area contributed by atoms with E-state index in [1.54, 1.807) is 0 Å². The van der Waals surface area contributed by atoms with Gasteiger partial charge in [0.25, 0.3) is 0 Å². The quantitative estimate of drug-likeness (QED) is 0.471. The van der Waals surface area contributed by atoms with E-state index in [2.05, 4.69) is 4.72 Å². The monoisotopic (exact) mass is 373 g/mol. The van der Waals surface area contributed by atoms with Crippen LogP contribution in [0.1, 0.15) is 31.4 Å². The van der Waals surface area contributed by atoms with Crippen molar-refractivity contribution in [3.8, 4) is 5.75 Å². The zero-order chi connectivity index (χ0) is 18.1. The van der Waals surface area contributed by atoms with Crippen molar-refractivity contribution in [2.75, 3.05) is 39.5 Å². The van der Waals surface area contributed by atoms with Gasteiger partial charge >= 0.3 is 0 Å². The van der Waals surface area contributed by atoms with E-state index < -0.39 is 10.0 Å². The minimum Gasteiger partial charge on any atom is -0.488 e. The maximum absolute atomic E-state index is 12.2. The molecule has 1 N–H and O–H groups in total. The topological polar surface area (TPSA) is 83.1 Å². The second-order valence-electron chi connectivity index (χ2n) is 6.00. The predicted octanol–water partition coefficient (Wildman–Crippen LogP) is 1.85. The summed E-state index contributed by atoms with van der Waals surface area (Å²) in [4.78, 5) is 0. The number of ether oxygens (including phenoxy) is 4. The van der Waals surface area contributed by atoms with Crippen molar-refractivity contribution >= 4 is 10.0 Å². The third kappa shape index (κ3) is 7.29. The van der Waals surface area contributed by atoms with Gasteiger partial charge in [-0.1, -0.05) is 12.1 Å². The highest BCUT2D eigenvalue weighted by Gasteiger charge is 2.19. The number of methoxy groups -OCH3 is 1. The lowest BCUT2D eigenvalue weighted by Gasteiger charge is -2.17. The molecule has 7 nitrogen and oxygen atoms in total. The molecule has 0 saturated carbocycles. The summed E-state index contributed by atoms with van der Waals surface area (Å²) in [5.74, 6) is 0.739. The molecule has 1 unspecified atom stereocenters. The molecule has 0 amide bonds. The first-order valence-corrected chi connectivity index (χ1v) is 10.1. The summed E-state index contributed by atoms with van der Waals surface area (Å²) in [5.41, 5.74) is 0.857. The maximum Gasteiger partial charge on any atom is 0.212 e. The minimum absolute atomic E-state index is 0.0106. The van der Waals surface area contributed by atoms with Gasteiger partial charge in [-0.3, -0.25) is 0 Å². The number of rotatable bonds is 11.